The zero-order valence-corrected chi connectivity index (χ0v) is 10.4. The summed E-state index contributed by atoms with van der Waals surface area (Å²) in [7, 11) is 0. The number of halogens is 1. The smallest absolute Gasteiger partial charge is 0.337 e. The third-order valence-corrected chi connectivity index (χ3v) is 2.80. The molecular weight excluding hydrogens is 247 g/mol. The Bertz CT molecular complexity index is 597. The van der Waals surface area contributed by atoms with Gasteiger partial charge in [0.1, 0.15) is 5.82 Å². The van der Waals surface area contributed by atoms with E-state index in [1.807, 2.05) is 0 Å². The number of carboxylic acid groups (broad SMARTS) is 1. The Morgan fingerprint density at radius 2 is 2.16 bits per heavy atom. The Balaban J connectivity index is 2.06. The molecule has 0 unspecified atom stereocenters. The van der Waals surface area contributed by atoms with Crippen molar-refractivity contribution in [3.8, 4) is 0 Å². The molecule has 1 heterocycles. The van der Waals surface area contributed by atoms with E-state index in [4.69, 9.17) is 5.11 Å². The molecule has 0 radical (unpaired) electrons. The predicted octanol–water partition coefficient (Wildman–Crippen LogP) is 2.84. The van der Waals surface area contributed by atoms with Gasteiger partial charge in [0.2, 0.25) is 0 Å². The molecule has 0 amide bonds. The molecule has 0 aliphatic rings. The lowest BCUT2D eigenvalue weighted by atomic mass is 10.2. The van der Waals surface area contributed by atoms with Crippen LogP contribution in [0.1, 0.15) is 21.6 Å². The van der Waals surface area contributed by atoms with E-state index in [-0.39, 0.29) is 11.4 Å². The molecule has 0 fully saturated rings. The first-order valence-corrected chi connectivity index (χ1v) is 5.75. The van der Waals surface area contributed by atoms with Gasteiger partial charge in [-0.25, -0.2) is 9.18 Å². The molecule has 19 heavy (non-hydrogen) atoms. The first-order valence-electron chi connectivity index (χ1n) is 5.75. The number of aromatic nitrogens is 1. The second-order valence-electron chi connectivity index (χ2n) is 4.11. The lowest BCUT2D eigenvalue weighted by Crippen LogP contribution is -2.05. The summed E-state index contributed by atoms with van der Waals surface area (Å²) in [4.78, 5) is 14.7. The number of carboxylic acids is 1. The minimum Gasteiger partial charge on any atom is -0.478 e. The van der Waals surface area contributed by atoms with Crippen molar-refractivity contribution in [3.63, 3.8) is 0 Å². The molecule has 0 spiro atoms. The normalized spacial score (nSPS) is 10.2. The fourth-order valence-electron chi connectivity index (χ4n) is 1.64. The number of pyridine rings is 1. The van der Waals surface area contributed by atoms with Crippen LogP contribution in [-0.4, -0.2) is 16.1 Å². The Kier molecular flexibility index (Phi) is 3.75. The van der Waals surface area contributed by atoms with Gasteiger partial charge in [0.25, 0.3) is 0 Å². The van der Waals surface area contributed by atoms with Crippen molar-refractivity contribution < 1.29 is 14.3 Å². The van der Waals surface area contributed by atoms with E-state index in [1.165, 1.54) is 18.3 Å². The van der Waals surface area contributed by atoms with Crippen molar-refractivity contribution in [1.29, 1.82) is 0 Å². The van der Waals surface area contributed by atoms with Crippen LogP contribution in [-0.2, 0) is 6.54 Å². The van der Waals surface area contributed by atoms with E-state index >= 15 is 0 Å². The van der Waals surface area contributed by atoms with Crippen LogP contribution in [0, 0.1) is 12.7 Å². The molecule has 4 nitrogen and oxygen atoms in total. The zero-order valence-electron chi connectivity index (χ0n) is 10.4. The third-order valence-electron chi connectivity index (χ3n) is 2.80. The Morgan fingerprint density at radius 1 is 1.37 bits per heavy atom. The topological polar surface area (TPSA) is 62.2 Å². The van der Waals surface area contributed by atoms with E-state index in [1.54, 1.807) is 25.1 Å². The van der Waals surface area contributed by atoms with Gasteiger partial charge in [-0.15, -0.1) is 0 Å². The van der Waals surface area contributed by atoms with Crippen molar-refractivity contribution in [1.82, 2.24) is 4.98 Å². The Morgan fingerprint density at radius 3 is 2.79 bits per heavy atom. The minimum atomic E-state index is -1.01. The van der Waals surface area contributed by atoms with Crippen LogP contribution in [0.2, 0.25) is 0 Å². The molecule has 0 aliphatic carbocycles. The molecule has 1 aromatic carbocycles. The molecule has 98 valence electrons. The van der Waals surface area contributed by atoms with Crippen LogP contribution < -0.4 is 5.32 Å². The summed E-state index contributed by atoms with van der Waals surface area (Å²) in [6.07, 6.45) is 1.30. The highest BCUT2D eigenvalue weighted by molar-refractivity contribution is 5.87. The number of anilines is 1. The molecule has 1 aromatic heterocycles. The second kappa shape index (κ2) is 5.48. The van der Waals surface area contributed by atoms with Crippen molar-refractivity contribution >= 4 is 11.7 Å². The Hall–Kier alpha value is -2.43. The fourth-order valence-corrected chi connectivity index (χ4v) is 1.64. The highest BCUT2D eigenvalue weighted by Gasteiger charge is 2.05. The third kappa shape index (κ3) is 3.07. The van der Waals surface area contributed by atoms with Crippen LogP contribution in [0.4, 0.5) is 10.1 Å². The van der Waals surface area contributed by atoms with Gasteiger partial charge in [0.15, 0.2) is 0 Å². The summed E-state index contributed by atoms with van der Waals surface area (Å²) in [5, 5.41) is 11.8. The van der Waals surface area contributed by atoms with Gasteiger partial charge in [-0.3, -0.25) is 4.98 Å². The van der Waals surface area contributed by atoms with Crippen LogP contribution in [0.5, 0.6) is 0 Å². The van der Waals surface area contributed by atoms with E-state index < -0.39 is 5.97 Å². The maximum Gasteiger partial charge on any atom is 0.337 e. The van der Waals surface area contributed by atoms with E-state index in [9.17, 15) is 9.18 Å². The standard InChI is InChI=1S/C14H13FN2O2/c1-9-12(15)3-2-4-13(9)17-8-11-6-5-10(7-16-11)14(18)19/h2-7,17H,8H2,1H3,(H,18,19). The predicted molar refractivity (Wildman–Crippen MR) is 69.7 cm³/mol. The molecule has 0 aliphatic heterocycles. The van der Waals surface area contributed by atoms with E-state index in [0.717, 1.165) is 0 Å². The SMILES string of the molecule is Cc1c(F)cccc1NCc1ccc(C(=O)O)cn1. The van der Waals surface area contributed by atoms with E-state index in [0.29, 0.717) is 23.5 Å². The molecular formula is C14H13FN2O2. The number of nitrogens with zero attached hydrogens (tertiary/aromatic N) is 1. The van der Waals surface area contributed by atoms with Gasteiger partial charge >= 0.3 is 5.97 Å². The lowest BCUT2D eigenvalue weighted by Gasteiger charge is -2.09. The van der Waals surface area contributed by atoms with Crippen molar-refractivity contribution in [3.05, 3.63) is 59.2 Å². The molecule has 2 N–H and O–H groups in total. The molecule has 2 rings (SSSR count). The quantitative estimate of drug-likeness (QED) is 0.887. The molecule has 2 aromatic rings. The zero-order chi connectivity index (χ0) is 13.8. The number of aromatic carboxylic acids is 1. The molecule has 0 saturated heterocycles. The summed E-state index contributed by atoms with van der Waals surface area (Å²) < 4.78 is 13.3. The average molecular weight is 260 g/mol. The fraction of sp³-hybridized carbons (Fsp3) is 0.143. The summed E-state index contributed by atoms with van der Waals surface area (Å²) in [5.74, 6) is -1.27. The largest absolute Gasteiger partial charge is 0.478 e. The minimum absolute atomic E-state index is 0.144. The van der Waals surface area contributed by atoms with Crippen LogP contribution >= 0.6 is 0 Å². The second-order valence-corrected chi connectivity index (χ2v) is 4.11. The summed E-state index contributed by atoms with van der Waals surface area (Å²) >= 11 is 0. The molecule has 0 saturated carbocycles. The van der Waals surface area contributed by atoms with Gasteiger partial charge < -0.3 is 10.4 Å². The van der Waals surface area contributed by atoms with Crippen molar-refractivity contribution in [2.75, 3.05) is 5.32 Å². The van der Waals surface area contributed by atoms with Gasteiger partial charge in [0.05, 0.1) is 17.8 Å². The number of nitrogens with one attached hydrogen (secondary N) is 1. The summed E-state index contributed by atoms with van der Waals surface area (Å²) in [6.45, 7) is 2.10. The van der Waals surface area contributed by atoms with Crippen molar-refractivity contribution in [2.45, 2.75) is 13.5 Å². The lowest BCUT2D eigenvalue weighted by molar-refractivity contribution is 0.0696. The number of benzene rings is 1. The van der Waals surface area contributed by atoms with Crippen LogP contribution in [0.15, 0.2) is 36.5 Å². The highest BCUT2D eigenvalue weighted by Crippen LogP contribution is 2.17. The summed E-state index contributed by atoms with van der Waals surface area (Å²) in [6, 6.07) is 7.94. The van der Waals surface area contributed by atoms with Gasteiger partial charge in [-0.05, 0) is 31.2 Å². The Labute approximate surface area is 109 Å². The maximum atomic E-state index is 13.3. The van der Waals surface area contributed by atoms with Crippen LogP contribution in [0.25, 0.3) is 0 Å². The molecule has 0 bridgehead atoms. The van der Waals surface area contributed by atoms with Gasteiger partial charge in [-0.2, -0.15) is 0 Å². The summed E-state index contributed by atoms with van der Waals surface area (Å²) in [5.41, 5.74) is 2.08. The van der Waals surface area contributed by atoms with E-state index in [2.05, 4.69) is 10.3 Å². The number of hydrogen-bond acceptors (Lipinski definition) is 3. The number of rotatable bonds is 4. The molecule has 5 heteroatoms. The van der Waals surface area contributed by atoms with Crippen molar-refractivity contribution in [2.24, 2.45) is 0 Å². The monoisotopic (exact) mass is 260 g/mol. The number of carbonyl (C=O) groups is 1. The van der Waals surface area contributed by atoms with Gasteiger partial charge in [0, 0.05) is 17.4 Å². The highest BCUT2D eigenvalue weighted by atomic mass is 19.1. The average Bonchev–Trinajstić information content (AvgIpc) is 2.41. The molecule has 0 atom stereocenters. The number of hydrogen-bond donors (Lipinski definition) is 2. The van der Waals surface area contributed by atoms with Gasteiger partial charge in [-0.1, -0.05) is 6.07 Å². The maximum absolute atomic E-state index is 13.3. The first-order chi connectivity index (χ1) is 9.08. The first kappa shape index (κ1) is 13.0. The van der Waals surface area contributed by atoms with Crippen LogP contribution in [0.3, 0.4) is 0 Å².